The molecular weight excluding hydrogens is 190 g/mol. The van der Waals surface area contributed by atoms with Gasteiger partial charge in [0.15, 0.2) is 0 Å². The van der Waals surface area contributed by atoms with Crippen LogP contribution in [0.15, 0.2) is 6.33 Å². The zero-order chi connectivity index (χ0) is 10.7. The van der Waals surface area contributed by atoms with Gasteiger partial charge in [0.1, 0.15) is 12.2 Å². The molecule has 1 aromatic heterocycles. The van der Waals surface area contributed by atoms with Gasteiger partial charge >= 0.3 is 0 Å². The van der Waals surface area contributed by atoms with E-state index in [0.717, 1.165) is 31.6 Å². The second kappa shape index (κ2) is 4.72. The maximum absolute atomic E-state index is 5.85. The number of nitrogens with zero attached hydrogens (tertiary/aromatic N) is 3. The Morgan fingerprint density at radius 1 is 1.60 bits per heavy atom. The first-order chi connectivity index (χ1) is 7.25. The normalized spacial score (nSPS) is 26.0. The third kappa shape index (κ3) is 2.76. The van der Waals surface area contributed by atoms with Gasteiger partial charge in [-0.1, -0.05) is 0 Å². The number of aromatic nitrogens is 3. The van der Waals surface area contributed by atoms with Gasteiger partial charge in [-0.3, -0.25) is 0 Å². The third-order valence-electron chi connectivity index (χ3n) is 3.06. The van der Waals surface area contributed by atoms with Gasteiger partial charge in [-0.05, 0) is 19.3 Å². The van der Waals surface area contributed by atoms with Crippen molar-refractivity contribution in [2.24, 2.45) is 12.8 Å². The van der Waals surface area contributed by atoms with Gasteiger partial charge in [-0.25, -0.2) is 0 Å². The van der Waals surface area contributed by atoms with E-state index in [1.54, 1.807) is 6.33 Å². The van der Waals surface area contributed by atoms with Gasteiger partial charge in [0.2, 0.25) is 0 Å². The van der Waals surface area contributed by atoms with Crippen LogP contribution in [0.5, 0.6) is 0 Å². The highest BCUT2D eigenvalue weighted by molar-refractivity contribution is 4.87. The van der Waals surface area contributed by atoms with Crippen molar-refractivity contribution in [3.05, 3.63) is 12.2 Å². The minimum Gasteiger partial charge on any atom is -0.328 e. The van der Waals surface area contributed by atoms with E-state index >= 15 is 0 Å². The van der Waals surface area contributed by atoms with Crippen molar-refractivity contribution >= 4 is 0 Å². The van der Waals surface area contributed by atoms with Crippen molar-refractivity contribution < 1.29 is 0 Å². The smallest absolute Gasteiger partial charge is 0.133 e. The predicted octanol–water partition coefficient (Wildman–Crippen LogP) is -0.173. The summed E-state index contributed by atoms with van der Waals surface area (Å²) < 4.78 is 1.96. The number of hydrogen-bond donors (Lipinski definition) is 2. The number of rotatable bonds is 4. The average molecular weight is 209 g/mol. The molecule has 1 aromatic rings. The Morgan fingerprint density at radius 2 is 2.47 bits per heavy atom. The van der Waals surface area contributed by atoms with E-state index in [0.29, 0.717) is 12.1 Å². The molecule has 1 heterocycles. The highest BCUT2D eigenvalue weighted by Gasteiger charge is 2.20. The average Bonchev–Trinajstić information content (AvgIpc) is 2.77. The zero-order valence-electron chi connectivity index (χ0n) is 9.19. The summed E-state index contributed by atoms with van der Waals surface area (Å²) in [4.78, 5) is 0. The molecule has 15 heavy (non-hydrogen) atoms. The molecule has 2 unspecified atom stereocenters. The molecule has 84 valence electrons. The second-order valence-electron chi connectivity index (χ2n) is 4.33. The van der Waals surface area contributed by atoms with Crippen LogP contribution in [0.2, 0.25) is 0 Å². The van der Waals surface area contributed by atoms with E-state index < -0.39 is 0 Å². The van der Waals surface area contributed by atoms with Gasteiger partial charge in [0.05, 0.1) is 0 Å². The molecule has 1 fully saturated rings. The van der Waals surface area contributed by atoms with Gasteiger partial charge < -0.3 is 15.6 Å². The van der Waals surface area contributed by atoms with E-state index in [4.69, 9.17) is 5.73 Å². The first-order valence-corrected chi connectivity index (χ1v) is 5.57. The highest BCUT2D eigenvalue weighted by atomic mass is 15.2. The Bertz CT molecular complexity index is 309. The van der Waals surface area contributed by atoms with Crippen molar-refractivity contribution in [1.82, 2.24) is 20.1 Å². The van der Waals surface area contributed by atoms with Crippen LogP contribution in [0.3, 0.4) is 0 Å². The van der Waals surface area contributed by atoms with Crippen LogP contribution in [0.1, 0.15) is 25.1 Å². The lowest BCUT2D eigenvalue weighted by Gasteiger charge is -2.11. The predicted molar refractivity (Wildman–Crippen MR) is 58.3 cm³/mol. The van der Waals surface area contributed by atoms with Gasteiger partial charge in [0, 0.05) is 32.1 Å². The standard InChI is InChI=1S/C10H19N5/c1-15-7-13-14-10(15)4-5-12-9-3-2-8(11)6-9/h7-9,12H,2-6,11H2,1H3. The molecule has 0 aliphatic heterocycles. The Morgan fingerprint density at radius 3 is 3.07 bits per heavy atom. The lowest BCUT2D eigenvalue weighted by atomic mass is 10.2. The van der Waals surface area contributed by atoms with E-state index in [1.165, 1.54) is 6.42 Å². The molecule has 5 nitrogen and oxygen atoms in total. The Balaban J connectivity index is 1.69. The molecule has 1 saturated carbocycles. The minimum atomic E-state index is 0.400. The second-order valence-corrected chi connectivity index (χ2v) is 4.33. The quantitative estimate of drug-likeness (QED) is 0.722. The zero-order valence-corrected chi connectivity index (χ0v) is 9.19. The molecule has 0 saturated heterocycles. The summed E-state index contributed by atoms with van der Waals surface area (Å²) in [6, 6.07) is 1.01. The molecule has 2 rings (SSSR count). The third-order valence-corrected chi connectivity index (χ3v) is 3.06. The molecule has 0 spiro atoms. The molecular formula is C10H19N5. The number of aryl methyl sites for hydroxylation is 1. The van der Waals surface area contributed by atoms with Gasteiger partial charge in [-0.15, -0.1) is 10.2 Å². The maximum atomic E-state index is 5.85. The fourth-order valence-electron chi connectivity index (χ4n) is 2.12. The van der Waals surface area contributed by atoms with Crippen molar-refractivity contribution in [3.63, 3.8) is 0 Å². The number of nitrogens with two attached hydrogens (primary N) is 1. The topological polar surface area (TPSA) is 68.8 Å². The first-order valence-electron chi connectivity index (χ1n) is 5.57. The Hall–Kier alpha value is -0.940. The van der Waals surface area contributed by atoms with Gasteiger partial charge in [-0.2, -0.15) is 0 Å². The highest BCUT2D eigenvalue weighted by Crippen LogP contribution is 2.16. The molecule has 3 N–H and O–H groups in total. The molecule has 0 bridgehead atoms. The monoisotopic (exact) mass is 209 g/mol. The van der Waals surface area contributed by atoms with Crippen LogP contribution < -0.4 is 11.1 Å². The minimum absolute atomic E-state index is 0.400. The molecule has 0 radical (unpaired) electrons. The molecule has 2 atom stereocenters. The van der Waals surface area contributed by atoms with Crippen LogP contribution in [-0.2, 0) is 13.5 Å². The SMILES string of the molecule is Cn1cnnc1CCNC1CCC(N)C1. The summed E-state index contributed by atoms with van der Waals surface area (Å²) in [5, 5.41) is 11.4. The summed E-state index contributed by atoms with van der Waals surface area (Å²) in [5.41, 5.74) is 5.85. The summed E-state index contributed by atoms with van der Waals surface area (Å²) in [7, 11) is 1.97. The lowest BCUT2D eigenvalue weighted by molar-refractivity contribution is 0.513. The molecule has 5 heteroatoms. The summed E-state index contributed by atoms with van der Waals surface area (Å²) in [6.45, 7) is 0.962. The van der Waals surface area contributed by atoms with E-state index in [1.807, 2.05) is 11.6 Å². The number of hydrogen-bond acceptors (Lipinski definition) is 4. The van der Waals surface area contributed by atoms with Gasteiger partial charge in [0.25, 0.3) is 0 Å². The van der Waals surface area contributed by atoms with E-state index in [2.05, 4.69) is 15.5 Å². The lowest BCUT2D eigenvalue weighted by Crippen LogP contribution is -2.30. The molecule has 1 aliphatic carbocycles. The molecule has 0 amide bonds. The van der Waals surface area contributed by atoms with E-state index in [9.17, 15) is 0 Å². The maximum Gasteiger partial charge on any atom is 0.133 e. The van der Waals surface area contributed by atoms with Crippen LogP contribution in [-0.4, -0.2) is 33.4 Å². The van der Waals surface area contributed by atoms with Crippen molar-refractivity contribution in [2.75, 3.05) is 6.54 Å². The van der Waals surface area contributed by atoms with Crippen molar-refractivity contribution in [3.8, 4) is 0 Å². The Labute approximate surface area is 90.1 Å². The van der Waals surface area contributed by atoms with Crippen LogP contribution in [0.4, 0.5) is 0 Å². The fraction of sp³-hybridized carbons (Fsp3) is 0.800. The summed E-state index contributed by atoms with van der Waals surface area (Å²) in [5.74, 6) is 1.03. The van der Waals surface area contributed by atoms with Crippen molar-refractivity contribution in [1.29, 1.82) is 0 Å². The summed E-state index contributed by atoms with van der Waals surface area (Å²) in [6.07, 6.45) is 6.14. The number of nitrogens with one attached hydrogen (secondary N) is 1. The van der Waals surface area contributed by atoms with E-state index in [-0.39, 0.29) is 0 Å². The first kappa shape index (κ1) is 10.6. The van der Waals surface area contributed by atoms with Crippen LogP contribution in [0.25, 0.3) is 0 Å². The molecule has 0 aromatic carbocycles. The largest absolute Gasteiger partial charge is 0.328 e. The Kier molecular flexibility index (Phi) is 3.33. The van der Waals surface area contributed by atoms with Crippen molar-refractivity contribution in [2.45, 2.75) is 37.8 Å². The van der Waals surface area contributed by atoms with Crippen LogP contribution in [0, 0.1) is 0 Å². The summed E-state index contributed by atoms with van der Waals surface area (Å²) >= 11 is 0. The van der Waals surface area contributed by atoms with Crippen LogP contribution >= 0.6 is 0 Å². The molecule has 1 aliphatic rings. The fourth-order valence-corrected chi connectivity index (χ4v) is 2.12.